The SMILES string of the molecule is CCC[C@H]1C[C@H](C(=O)N[C@@H]([C@H]2O[C@H](SC)[C@@H](O)[C@H](O)[C@H]2O)[C@@H](C)O)N(C)C1. The molecule has 2 fully saturated rings. The largest absolute Gasteiger partial charge is 0.391 e. The first-order chi connectivity index (χ1) is 12.7. The lowest BCUT2D eigenvalue weighted by Crippen LogP contribution is -2.65. The maximum atomic E-state index is 12.8. The Morgan fingerprint density at radius 2 is 1.96 bits per heavy atom. The molecule has 0 unspecified atom stereocenters. The van der Waals surface area contributed by atoms with Crippen LogP contribution in [0.15, 0.2) is 0 Å². The Bertz CT molecular complexity index is 494. The average Bonchev–Trinajstić information content (AvgIpc) is 2.99. The summed E-state index contributed by atoms with van der Waals surface area (Å²) in [5.74, 6) is 0.245. The van der Waals surface area contributed by atoms with Gasteiger partial charge in [0.15, 0.2) is 0 Å². The van der Waals surface area contributed by atoms with Gasteiger partial charge in [-0.2, -0.15) is 0 Å². The van der Waals surface area contributed by atoms with Crippen molar-refractivity contribution in [1.29, 1.82) is 0 Å². The maximum Gasteiger partial charge on any atom is 0.237 e. The number of hydrogen-bond donors (Lipinski definition) is 5. The summed E-state index contributed by atoms with van der Waals surface area (Å²) in [5.41, 5.74) is -0.755. The van der Waals surface area contributed by atoms with Crippen LogP contribution < -0.4 is 5.32 Å². The topological polar surface area (TPSA) is 122 Å². The van der Waals surface area contributed by atoms with Crippen LogP contribution in [0.3, 0.4) is 0 Å². The van der Waals surface area contributed by atoms with Crippen LogP contribution in [0.5, 0.6) is 0 Å². The summed E-state index contributed by atoms with van der Waals surface area (Å²) in [6.07, 6.45) is -1.50. The molecule has 0 saturated carbocycles. The van der Waals surface area contributed by atoms with Gasteiger partial charge in [0.05, 0.1) is 18.2 Å². The molecule has 1 amide bonds. The Balaban J connectivity index is 2.09. The molecule has 2 aliphatic heterocycles. The third-order valence-corrected chi connectivity index (χ3v) is 6.51. The maximum absolute atomic E-state index is 12.8. The van der Waals surface area contributed by atoms with Gasteiger partial charge in [-0.3, -0.25) is 9.69 Å². The molecule has 9 atom stereocenters. The number of aliphatic hydroxyl groups excluding tert-OH is 4. The van der Waals surface area contributed by atoms with Gasteiger partial charge < -0.3 is 30.5 Å². The number of likely N-dealkylation sites (tertiary alicyclic amines) is 1. The quantitative estimate of drug-likeness (QED) is 0.370. The van der Waals surface area contributed by atoms with E-state index in [0.717, 1.165) is 25.8 Å². The highest BCUT2D eigenvalue weighted by Gasteiger charge is 2.48. The fraction of sp³-hybridized carbons (Fsp3) is 0.944. The Labute approximate surface area is 165 Å². The molecule has 0 aromatic rings. The summed E-state index contributed by atoms with van der Waals surface area (Å²) in [6.45, 7) is 4.48. The van der Waals surface area contributed by atoms with Gasteiger partial charge in [0.2, 0.25) is 5.91 Å². The summed E-state index contributed by atoms with van der Waals surface area (Å²) in [6, 6.07) is -1.20. The average molecular weight is 407 g/mol. The lowest BCUT2D eigenvalue weighted by Gasteiger charge is -2.44. The Hall–Kier alpha value is -0.420. The molecule has 2 rings (SSSR count). The molecule has 8 nitrogen and oxygen atoms in total. The number of hydrogen-bond acceptors (Lipinski definition) is 8. The van der Waals surface area contributed by atoms with Crippen molar-refractivity contribution in [2.75, 3.05) is 19.8 Å². The Kier molecular flexibility index (Phi) is 8.35. The van der Waals surface area contributed by atoms with Gasteiger partial charge in [-0.25, -0.2) is 0 Å². The molecule has 9 heteroatoms. The standard InChI is InChI=1S/C18H34N2O6S/c1-5-6-10-7-11(20(3)8-10)17(25)19-12(9(2)21)16-14(23)13(22)15(24)18(26-16)27-4/h9-16,18,21-24H,5-8H2,1-4H3,(H,19,25)/t9-,10+,11-,12-,13-,14-,15+,16-,18-/m1/s1. The fourth-order valence-electron chi connectivity index (χ4n) is 4.13. The second-order valence-corrected chi connectivity index (χ2v) is 8.73. The molecule has 2 heterocycles. The Morgan fingerprint density at radius 3 is 2.52 bits per heavy atom. The van der Waals surface area contributed by atoms with Crippen molar-refractivity contribution < 1.29 is 30.0 Å². The van der Waals surface area contributed by atoms with E-state index in [-0.39, 0.29) is 11.9 Å². The van der Waals surface area contributed by atoms with Crippen molar-refractivity contribution in [3.63, 3.8) is 0 Å². The zero-order valence-electron chi connectivity index (χ0n) is 16.5. The van der Waals surface area contributed by atoms with E-state index in [2.05, 4.69) is 12.2 Å². The van der Waals surface area contributed by atoms with E-state index < -0.39 is 42.0 Å². The highest BCUT2D eigenvalue weighted by atomic mass is 32.2. The molecule has 0 bridgehead atoms. The normalized spacial score (nSPS) is 39.9. The number of thioether (sulfide) groups is 1. The van der Waals surface area contributed by atoms with Crippen LogP contribution in [0.2, 0.25) is 0 Å². The molecule has 0 radical (unpaired) electrons. The minimum Gasteiger partial charge on any atom is -0.391 e. The highest BCUT2D eigenvalue weighted by molar-refractivity contribution is 7.99. The number of amides is 1. The number of likely N-dealkylation sites (N-methyl/N-ethyl adjacent to an activating group) is 1. The molecule has 0 aromatic heterocycles. The number of ether oxygens (including phenoxy) is 1. The van der Waals surface area contributed by atoms with Crippen LogP contribution in [0.1, 0.15) is 33.1 Å². The molecule has 2 saturated heterocycles. The lowest BCUT2D eigenvalue weighted by molar-refractivity contribution is -0.211. The first kappa shape index (κ1) is 22.9. The van der Waals surface area contributed by atoms with E-state index in [9.17, 15) is 25.2 Å². The smallest absolute Gasteiger partial charge is 0.237 e. The van der Waals surface area contributed by atoms with Crippen molar-refractivity contribution >= 4 is 17.7 Å². The first-order valence-corrected chi connectivity index (χ1v) is 10.9. The second kappa shape index (κ2) is 9.87. The molecule has 0 aliphatic carbocycles. The van der Waals surface area contributed by atoms with E-state index in [1.807, 2.05) is 11.9 Å². The summed E-state index contributed by atoms with van der Waals surface area (Å²) >= 11 is 1.20. The molecular formula is C18H34N2O6S. The summed E-state index contributed by atoms with van der Waals surface area (Å²) in [4.78, 5) is 14.9. The highest BCUT2D eigenvalue weighted by Crippen LogP contribution is 2.30. The van der Waals surface area contributed by atoms with E-state index in [4.69, 9.17) is 4.74 Å². The molecule has 27 heavy (non-hydrogen) atoms. The van der Waals surface area contributed by atoms with Crippen molar-refractivity contribution in [2.45, 2.75) is 81.1 Å². The van der Waals surface area contributed by atoms with Gasteiger partial charge in [-0.15, -0.1) is 11.8 Å². The number of carbonyl (C=O) groups is 1. The van der Waals surface area contributed by atoms with Crippen molar-refractivity contribution in [1.82, 2.24) is 10.2 Å². The molecular weight excluding hydrogens is 372 g/mol. The zero-order valence-corrected chi connectivity index (χ0v) is 17.3. The third-order valence-electron chi connectivity index (χ3n) is 5.66. The van der Waals surface area contributed by atoms with E-state index in [1.54, 1.807) is 6.26 Å². The number of rotatable bonds is 7. The molecule has 0 spiro atoms. The van der Waals surface area contributed by atoms with Gasteiger partial charge in [-0.05, 0) is 39.0 Å². The van der Waals surface area contributed by atoms with Gasteiger partial charge in [0.1, 0.15) is 29.9 Å². The van der Waals surface area contributed by atoms with Crippen LogP contribution in [-0.4, -0.2) is 99.1 Å². The zero-order chi connectivity index (χ0) is 20.3. The van der Waals surface area contributed by atoms with Crippen LogP contribution >= 0.6 is 11.8 Å². The van der Waals surface area contributed by atoms with Crippen LogP contribution in [0.25, 0.3) is 0 Å². The van der Waals surface area contributed by atoms with Crippen LogP contribution in [-0.2, 0) is 9.53 Å². The minimum absolute atomic E-state index is 0.223. The summed E-state index contributed by atoms with van der Waals surface area (Å²) in [7, 11) is 1.91. The molecule has 5 N–H and O–H groups in total. The number of nitrogens with one attached hydrogen (secondary N) is 1. The van der Waals surface area contributed by atoms with Gasteiger partial charge in [0, 0.05) is 6.54 Å². The third kappa shape index (κ3) is 5.14. The lowest BCUT2D eigenvalue weighted by atomic mass is 9.92. The van der Waals surface area contributed by atoms with Crippen LogP contribution in [0.4, 0.5) is 0 Å². The summed E-state index contributed by atoms with van der Waals surface area (Å²) in [5, 5.41) is 43.5. The van der Waals surface area contributed by atoms with Crippen molar-refractivity contribution in [2.24, 2.45) is 5.92 Å². The van der Waals surface area contributed by atoms with Gasteiger partial charge in [-0.1, -0.05) is 13.3 Å². The van der Waals surface area contributed by atoms with E-state index >= 15 is 0 Å². The Morgan fingerprint density at radius 1 is 1.30 bits per heavy atom. The van der Waals surface area contributed by atoms with Crippen molar-refractivity contribution in [3.8, 4) is 0 Å². The van der Waals surface area contributed by atoms with Gasteiger partial charge in [0.25, 0.3) is 0 Å². The monoisotopic (exact) mass is 406 g/mol. The second-order valence-electron chi connectivity index (χ2n) is 7.80. The number of carbonyl (C=O) groups excluding carboxylic acids is 1. The predicted octanol–water partition coefficient (Wildman–Crippen LogP) is -0.857. The molecule has 0 aromatic carbocycles. The molecule has 2 aliphatic rings. The summed E-state index contributed by atoms with van der Waals surface area (Å²) < 4.78 is 5.72. The predicted molar refractivity (Wildman–Crippen MR) is 103 cm³/mol. The minimum atomic E-state index is -1.42. The fourth-order valence-corrected chi connectivity index (χ4v) is 4.81. The van der Waals surface area contributed by atoms with Crippen LogP contribution in [0, 0.1) is 5.92 Å². The van der Waals surface area contributed by atoms with E-state index in [1.165, 1.54) is 18.7 Å². The molecule has 158 valence electrons. The number of nitrogens with zero attached hydrogens (tertiary/aromatic N) is 1. The van der Waals surface area contributed by atoms with Crippen molar-refractivity contribution in [3.05, 3.63) is 0 Å². The van der Waals surface area contributed by atoms with Gasteiger partial charge >= 0.3 is 0 Å². The van der Waals surface area contributed by atoms with E-state index in [0.29, 0.717) is 5.92 Å². The first-order valence-electron chi connectivity index (χ1n) is 9.62. The number of aliphatic hydroxyl groups is 4.